The van der Waals surface area contributed by atoms with Crippen LogP contribution in [0.15, 0.2) is 102 Å². The summed E-state index contributed by atoms with van der Waals surface area (Å²) >= 11 is 0. The van der Waals surface area contributed by atoms with Crippen molar-refractivity contribution in [1.29, 1.82) is 0 Å². The van der Waals surface area contributed by atoms with Gasteiger partial charge in [-0.2, -0.15) is 5.01 Å². The van der Waals surface area contributed by atoms with Gasteiger partial charge in [0.25, 0.3) is 11.8 Å². The molecule has 2 amide bonds. The Balaban J connectivity index is 0.000000219. The lowest BCUT2D eigenvalue weighted by Gasteiger charge is -2.22. The van der Waals surface area contributed by atoms with Crippen LogP contribution in [0.25, 0.3) is 17.0 Å². The maximum atomic E-state index is 13.4. The first kappa shape index (κ1) is 46.9. The molecule has 0 saturated heterocycles. The zero-order valence-electron chi connectivity index (χ0n) is 38.5. The van der Waals surface area contributed by atoms with Crippen molar-refractivity contribution < 1.29 is 29.0 Å². The van der Waals surface area contributed by atoms with Crippen molar-refractivity contribution in [2.75, 3.05) is 42.7 Å². The first-order chi connectivity index (χ1) is 30.8. The van der Waals surface area contributed by atoms with Crippen molar-refractivity contribution >= 4 is 57.6 Å². The fourth-order valence-electron chi connectivity index (χ4n) is 8.01. The molecule has 0 radical (unpaired) electrons. The van der Waals surface area contributed by atoms with E-state index in [0.717, 1.165) is 66.5 Å². The van der Waals surface area contributed by atoms with Gasteiger partial charge in [0.05, 0.1) is 17.8 Å². The van der Waals surface area contributed by atoms with Crippen LogP contribution in [-0.2, 0) is 9.53 Å². The number of hydrogen-bond acceptors (Lipinski definition) is 9. The molecule has 0 fully saturated rings. The van der Waals surface area contributed by atoms with Gasteiger partial charge in [0, 0.05) is 53.9 Å². The Morgan fingerprint density at radius 1 is 0.828 bits per heavy atom. The van der Waals surface area contributed by atoms with E-state index in [1.54, 1.807) is 18.2 Å². The van der Waals surface area contributed by atoms with Gasteiger partial charge in [-0.15, -0.1) is 5.10 Å². The normalized spacial score (nSPS) is 15.1. The summed E-state index contributed by atoms with van der Waals surface area (Å²) in [4.78, 5) is 61.6. The number of hydrazone groups is 1. The highest BCUT2D eigenvalue weighted by Crippen LogP contribution is 2.39. The van der Waals surface area contributed by atoms with E-state index in [9.17, 15) is 24.3 Å². The van der Waals surface area contributed by atoms with Crippen molar-refractivity contribution in [3.05, 3.63) is 136 Å². The molecular formula is C53H61N5O6. The smallest absolute Gasteiger partial charge is 0.284 e. The number of benzene rings is 4. The lowest BCUT2D eigenvalue weighted by atomic mass is 9.96. The van der Waals surface area contributed by atoms with E-state index in [0.29, 0.717) is 48.2 Å². The third-order valence-electron chi connectivity index (χ3n) is 11.8. The fraction of sp³-hybridized carbons (Fsp3) is 0.358. The van der Waals surface area contributed by atoms with Crippen molar-refractivity contribution in [3.63, 3.8) is 0 Å². The van der Waals surface area contributed by atoms with E-state index in [4.69, 9.17) is 4.74 Å². The maximum absolute atomic E-state index is 13.4. The lowest BCUT2D eigenvalue weighted by Crippen LogP contribution is -2.33. The lowest BCUT2D eigenvalue weighted by molar-refractivity contribution is -0.114. The second-order valence-electron chi connectivity index (χ2n) is 16.5. The minimum atomic E-state index is -1.21. The molecular weight excluding hydrogens is 803 g/mol. The molecule has 1 N–H and O–H groups in total. The molecule has 5 aromatic rings. The van der Waals surface area contributed by atoms with Gasteiger partial charge in [-0.1, -0.05) is 70.9 Å². The SMILES string of the molecule is CCCCN(CCCC)C(=O)c1ccc2c(c1)C(=O)C(c1nc3ccc(C(C)C)cc3cc1O)C2=O.CCOC1=NN(c2ccccc2)C(=O)C1=Cc1ccc(N(CC)CC)cc1C. The van der Waals surface area contributed by atoms with Crippen molar-refractivity contribution in [3.8, 4) is 5.75 Å². The number of hydrogen-bond donors (Lipinski definition) is 1. The first-order valence-corrected chi connectivity index (χ1v) is 22.7. The minimum Gasteiger partial charge on any atom is -0.506 e. The van der Waals surface area contributed by atoms with E-state index in [1.165, 1.54) is 16.8 Å². The van der Waals surface area contributed by atoms with Gasteiger partial charge in [-0.05, 0) is 130 Å². The average Bonchev–Trinajstić information content (AvgIpc) is 3.74. The molecule has 1 unspecified atom stereocenters. The van der Waals surface area contributed by atoms with E-state index < -0.39 is 17.5 Å². The van der Waals surface area contributed by atoms with Crippen LogP contribution in [0.5, 0.6) is 5.75 Å². The Hall–Kier alpha value is -6.62. The summed E-state index contributed by atoms with van der Waals surface area (Å²) in [6.07, 6.45) is 5.66. The molecule has 1 aliphatic carbocycles. The van der Waals surface area contributed by atoms with Crippen molar-refractivity contribution in [2.45, 2.75) is 92.9 Å². The Morgan fingerprint density at radius 2 is 1.52 bits per heavy atom. The molecule has 4 aromatic carbocycles. The van der Waals surface area contributed by atoms with Crippen LogP contribution in [0, 0.1) is 6.92 Å². The minimum absolute atomic E-state index is 0.0615. The molecule has 0 bridgehead atoms. The summed E-state index contributed by atoms with van der Waals surface area (Å²) in [5, 5.41) is 17.3. The third kappa shape index (κ3) is 10.1. The van der Waals surface area contributed by atoms with Gasteiger partial charge in [0.1, 0.15) is 22.9 Å². The van der Waals surface area contributed by atoms with Crippen molar-refractivity contribution in [2.24, 2.45) is 5.10 Å². The second-order valence-corrected chi connectivity index (χ2v) is 16.5. The zero-order chi connectivity index (χ0) is 46.1. The van der Waals surface area contributed by atoms with Crippen LogP contribution < -0.4 is 9.91 Å². The molecule has 0 spiro atoms. The highest BCUT2D eigenvalue weighted by molar-refractivity contribution is 6.31. The zero-order valence-corrected chi connectivity index (χ0v) is 38.5. The molecule has 11 nitrogen and oxygen atoms in total. The summed E-state index contributed by atoms with van der Waals surface area (Å²) in [6.45, 7) is 20.3. The van der Waals surface area contributed by atoms with Crippen LogP contribution >= 0.6 is 0 Å². The van der Waals surface area contributed by atoms with Crippen LogP contribution in [0.3, 0.4) is 0 Å². The Kier molecular flexibility index (Phi) is 15.5. The molecule has 1 aromatic heterocycles. The number of aryl methyl sites for hydroxylation is 1. The second kappa shape index (κ2) is 21.2. The van der Waals surface area contributed by atoms with Gasteiger partial charge < -0.3 is 19.6 Å². The maximum Gasteiger partial charge on any atom is 0.284 e. The number of unbranched alkanes of at least 4 members (excludes halogenated alkanes) is 2. The summed E-state index contributed by atoms with van der Waals surface area (Å²) in [5.41, 5.74) is 7.16. The Bertz CT molecular complexity index is 2570. The number of ether oxygens (including phenoxy) is 1. The highest BCUT2D eigenvalue weighted by Gasteiger charge is 2.42. The standard InChI is InChI=1S/C30H34N2O4.C23H27N3O2/c1-5-7-13-32(14-8-6-2)30(36)20-9-11-22-23(16-20)29(35)26(28(22)34)27-25(33)17-21-15-19(18(3)4)10-12-24(21)31-27;1-5-25(6-2)20-14-13-18(17(4)15-20)16-21-22(28-7-3)24-26(23(21)27)19-11-9-8-10-12-19/h9-12,15-18,26,33H,5-8,13-14H2,1-4H3;8-16H,5-7H2,1-4H3. The Morgan fingerprint density at radius 3 is 2.14 bits per heavy atom. The predicted molar refractivity (Wildman–Crippen MR) is 257 cm³/mol. The van der Waals surface area contributed by atoms with Gasteiger partial charge in [0.15, 0.2) is 11.6 Å². The summed E-state index contributed by atoms with van der Waals surface area (Å²) in [5.74, 6) is -1.84. The van der Waals surface area contributed by atoms with Gasteiger partial charge in [0.2, 0.25) is 5.90 Å². The first-order valence-electron chi connectivity index (χ1n) is 22.7. The number of fused-ring (bicyclic) bond motifs is 2. The largest absolute Gasteiger partial charge is 0.506 e. The summed E-state index contributed by atoms with van der Waals surface area (Å²) in [6, 6.07) is 27.8. The monoisotopic (exact) mass is 863 g/mol. The number of Topliss-reactive ketones (excluding diaryl/α,β-unsaturated/α-hetero) is 2. The van der Waals surface area contributed by atoms with Crippen LogP contribution in [0.2, 0.25) is 0 Å². The summed E-state index contributed by atoms with van der Waals surface area (Å²) in [7, 11) is 0. The number of para-hydroxylation sites is 1. The van der Waals surface area contributed by atoms with E-state index in [-0.39, 0.29) is 34.4 Å². The quantitative estimate of drug-likeness (QED) is 0.0812. The predicted octanol–water partition coefficient (Wildman–Crippen LogP) is 10.9. The van der Waals surface area contributed by atoms with Crippen molar-refractivity contribution in [1.82, 2.24) is 9.88 Å². The fourth-order valence-corrected chi connectivity index (χ4v) is 8.01. The highest BCUT2D eigenvalue weighted by atomic mass is 16.5. The topological polar surface area (TPSA) is 133 Å². The summed E-state index contributed by atoms with van der Waals surface area (Å²) < 4.78 is 5.66. The van der Waals surface area contributed by atoms with Gasteiger partial charge in [-0.25, -0.2) is 4.98 Å². The van der Waals surface area contributed by atoms with E-state index >= 15 is 0 Å². The molecule has 64 heavy (non-hydrogen) atoms. The number of amides is 2. The number of anilines is 2. The van der Waals surface area contributed by atoms with E-state index in [1.807, 2.05) is 66.4 Å². The number of nitrogens with zero attached hydrogens (tertiary/aromatic N) is 5. The Labute approximate surface area is 377 Å². The number of aromatic hydroxyl groups is 1. The van der Waals surface area contributed by atoms with Crippen LogP contribution in [0.4, 0.5) is 11.4 Å². The molecule has 1 atom stereocenters. The molecule has 0 saturated carbocycles. The molecule has 2 heterocycles. The molecule has 334 valence electrons. The molecule has 7 rings (SSSR count). The van der Waals surface area contributed by atoms with E-state index in [2.05, 4.69) is 81.7 Å². The number of ketones is 2. The number of carbonyl (C=O) groups excluding carboxylic acids is 4. The molecule has 2 aliphatic rings. The van der Waals surface area contributed by atoms with Gasteiger partial charge in [-0.3, -0.25) is 19.2 Å². The number of rotatable bonds is 15. The number of pyridine rings is 1. The number of carbonyl (C=O) groups is 4. The van der Waals surface area contributed by atoms with Gasteiger partial charge >= 0.3 is 0 Å². The molecule has 1 aliphatic heterocycles. The van der Waals surface area contributed by atoms with Crippen LogP contribution in [-0.4, -0.2) is 77.1 Å². The third-order valence-corrected chi connectivity index (χ3v) is 11.8. The molecule has 11 heteroatoms. The average molecular weight is 864 g/mol. The number of aromatic nitrogens is 1. The van der Waals surface area contributed by atoms with Crippen LogP contribution in [0.1, 0.15) is 139 Å².